The zero-order chi connectivity index (χ0) is 15.9. The van der Waals surface area contributed by atoms with Gasteiger partial charge in [0, 0.05) is 19.5 Å². The number of hydrogen-bond donors (Lipinski definition) is 0. The molecule has 0 fully saturated rings. The average Bonchev–Trinajstić information content (AvgIpc) is 3.08. The van der Waals surface area contributed by atoms with Crippen molar-refractivity contribution < 1.29 is 4.79 Å². The third-order valence-corrected chi connectivity index (χ3v) is 5.28. The van der Waals surface area contributed by atoms with Crippen molar-refractivity contribution in [1.82, 2.24) is 14.7 Å². The number of nitrogens with zero attached hydrogens (tertiary/aromatic N) is 3. The molecule has 0 radical (unpaired) electrons. The van der Waals surface area contributed by atoms with E-state index in [4.69, 9.17) is 0 Å². The summed E-state index contributed by atoms with van der Waals surface area (Å²) < 4.78 is 1.84. The Morgan fingerprint density at radius 2 is 2.00 bits per heavy atom. The summed E-state index contributed by atoms with van der Waals surface area (Å²) >= 11 is 1.50. The van der Waals surface area contributed by atoms with E-state index in [-0.39, 0.29) is 11.9 Å². The molecule has 5 heteroatoms. The number of amides is 1. The maximum Gasteiger partial charge on any atom is 0.264 e. The molecule has 0 spiro atoms. The number of aryl methyl sites for hydroxylation is 2. The van der Waals surface area contributed by atoms with Gasteiger partial charge in [0.2, 0.25) is 0 Å². The van der Waals surface area contributed by atoms with Crippen molar-refractivity contribution in [3.8, 4) is 0 Å². The highest BCUT2D eigenvalue weighted by Crippen LogP contribution is 2.30. The van der Waals surface area contributed by atoms with Gasteiger partial charge in [-0.1, -0.05) is 30.3 Å². The minimum absolute atomic E-state index is 0.0399. The third kappa shape index (κ3) is 2.41. The Bertz CT molecular complexity index is 785. The number of fused-ring (bicyclic) bond motifs is 1. The fourth-order valence-corrected chi connectivity index (χ4v) is 3.72. The normalized spacial score (nSPS) is 12.5. The zero-order valence-electron chi connectivity index (χ0n) is 13.2. The van der Waals surface area contributed by atoms with Crippen molar-refractivity contribution in [1.29, 1.82) is 0 Å². The number of rotatable bonds is 3. The van der Waals surface area contributed by atoms with Crippen molar-refractivity contribution in [2.24, 2.45) is 7.05 Å². The highest BCUT2D eigenvalue weighted by atomic mass is 32.1. The van der Waals surface area contributed by atoms with E-state index in [1.54, 1.807) is 4.90 Å². The van der Waals surface area contributed by atoms with Crippen LogP contribution >= 0.6 is 11.3 Å². The van der Waals surface area contributed by atoms with E-state index in [9.17, 15) is 4.79 Å². The van der Waals surface area contributed by atoms with Gasteiger partial charge in [0.25, 0.3) is 5.91 Å². The summed E-state index contributed by atoms with van der Waals surface area (Å²) in [6.07, 6.45) is 0. The van der Waals surface area contributed by atoms with Gasteiger partial charge >= 0.3 is 0 Å². The summed E-state index contributed by atoms with van der Waals surface area (Å²) in [5.41, 5.74) is 2.10. The van der Waals surface area contributed by atoms with Crippen LogP contribution in [0.15, 0.2) is 36.4 Å². The van der Waals surface area contributed by atoms with Crippen LogP contribution in [0, 0.1) is 6.92 Å². The molecule has 114 valence electrons. The van der Waals surface area contributed by atoms with E-state index in [0.29, 0.717) is 0 Å². The third-order valence-electron chi connectivity index (χ3n) is 4.09. The molecule has 0 aliphatic carbocycles. The van der Waals surface area contributed by atoms with Crippen molar-refractivity contribution >= 4 is 27.5 Å². The maximum absolute atomic E-state index is 12.8. The van der Waals surface area contributed by atoms with E-state index in [0.717, 1.165) is 26.4 Å². The van der Waals surface area contributed by atoms with Crippen LogP contribution in [0.25, 0.3) is 10.2 Å². The standard InChI is InChI=1S/C17H19N3OS/c1-11-14-10-15(22-17(14)20(4)18-11)16(21)19(3)12(2)13-8-6-5-7-9-13/h5-10,12H,1-4H3. The van der Waals surface area contributed by atoms with E-state index >= 15 is 0 Å². The van der Waals surface area contributed by atoms with Gasteiger partial charge in [-0.25, -0.2) is 0 Å². The molecular weight excluding hydrogens is 294 g/mol. The van der Waals surface area contributed by atoms with E-state index in [1.807, 2.05) is 69.0 Å². The van der Waals surface area contributed by atoms with Crippen LogP contribution in [-0.4, -0.2) is 27.6 Å². The topological polar surface area (TPSA) is 38.1 Å². The highest BCUT2D eigenvalue weighted by Gasteiger charge is 2.22. The molecule has 3 rings (SSSR count). The molecule has 1 atom stereocenters. The second-order valence-electron chi connectivity index (χ2n) is 5.54. The van der Waals surface area contributed by atoms with Crippen LogP contribution in [-0.2, 0) is 7.05 Å². The van der Waals surface area contributed by atoms with Crippen molar-refractivity contribution in [2.75, 3.05) is 7.05 Å². The molecule has 0 aliphatic rings. The summed E-state index contributed by atoms with van der Waals surface area (Å²) in [6.45, 7) is 4.02. The van der Waals surface area contributed by atoms with Crippen LogP contribution in [0.2, 0.25) is 0 Å². The quantitative estimate of drug-likeness (QED) is 0.738. The molecule has 0 bridgehead atoms. The fraction of sp³-hybridized carbons (Fsp3) is 0.294. The Balaban J connectivity index is 1.90. The van der Waals surface area contributed by atoms with Crippen LogP contribution in [0.5, 0.6) is 0 Å². The molecular formula is C17H19N3OS. The van der Waals surface area contributed by atoms with Gasteiger partial charge in [-0.15, -0.1) is 11.3 Å². The number of benzene rings is 1. The van der Waals surface area contributed by atoms with E-state index in [2.05, 4.69) is 5.10 Å². The Kier molecular flexibility index (Phi) is 3.74. The summed E-state index contributed by atoms with van der Waals surface area (Å²) in [6, 6.07) is 12.1. The number of hydrogen-bond acceptors (Lipinski definition) is 3. The SMILES string of the molecule is Cc1nn(C)c2sc(C(=O)N(C)C(C)c3ccccc3)cc12. The molecule has 2 aromatic heterocycles. The number of carbonyl (C=O) groups is 1. The summed E-state index contributed by atoms with van der Waals surface area (Å²) in [5.74, 6) is 0.0527. The molecule has 1 unspecified atom stereocenters. The summed E-state index contributed by atoms with van der Waals surface area (Å²) in [4.78, 5) is 16.4. The molecule has 3 aromatic rings. The minimum Gasteiger partial charge on any atom is -0.334 e. The van der Waals surface area contributed by atoms with Crippen LogP contribution in [0.4, 0.5) is 0 Å². The minimum atomic E-state index is 0.0399. The van der Waals surface area contributed by atoms with Crippen LogP contribution < -0.4 is 0 Å². The largest absolute Gasteiger partial charge is 0.334 e. The van der Waals surface area contributed by atoms with Crippen LogP contribution in [0.1, 0.15) is 33.9 Å². The first-order valence-corrected chi connectivity index (χ1v) is 8.06. The Hall–Kier alpha value is -2.14. The van der Waals surface area contributed by atoms with Gasteiger partial charge in [-0.05, 0) is 25.5 Å². The Morgan fingerprint density at radius 1 is 1.32 bits per heavy atom. The second kappa shape index (κ2) is 5.57. The zero-order valence-corrected chi connectivity index (χ0v) is 14.0. The monoisotopic (exact) mass is 313 g/mol. The lowest BCUT2D eigenvalue weighted by molar-refractivity contribution is 0.0747. The van der Waals surface area contributed by atoms with Gasteiger partial charge < -0.3 is 4.90 Å². The van der Waals surface area contributed by atoms with Gasteiger partial charge in [0.15, 0.2) is 0 Å². The predicted octanol–water partition coefficient (Wildman–Crippen LogP) is 3.78. The molecule has 1 amide bonds. The Labute approximate surface area is 134 Å². The summed E-state index contributed by atoms with van der Waals surface area (Å²) in [7, 11) is 3.77. The highest BCUT2D eigenvalue weighted by molar-refractivity contribution is 7.20. The van der Waals surface area contributed by atoms with E-state index < -0.39 is 0 Å². The van der Waals surface area contributed by atoms with Gasteiger partial charge in [-0.2, -0.15) is 5.10 Å². The molecule has 4 nitrogen and oxygen atoms in total. The molecule has 2 heterocycles. The molecule has 0 N–H and O–H groups in total. The maximum atomic E-state index is 12.8. The molecule has 0 aliphatic heterocycles. The smallest absolute Gasteiger partial charge is 0.264 e. The summed E-state index contributed by atoms with van der Waals surface area (Å²) in [5, 5.41) is 5.45. The first-order chi connectivity index (χ1) is 10.5. The van der Waals surface area contributed by atoms with Crippen molar-refractivity contribution in [2.45, 2.75) is 19.9 Å². The molecule has 22 heavy (non-hydrogen) atoms. The van der Waals surface area contributed by atoms with Crippen LogP contribution in [0.3, 0.4) is 0 Å². The molecule has 0 saturated heterocycles. The predicted molar refractivity (Wildman–Crippen MR) is 90.3 cm³/mol. The first kappa shape index (κ1) is 14.8. The lowest BCUT2D eigenvalue weighted by Gasteiger charge is -2.24. The first-order valence-electron chi connectivity index (χ1n) is 7.24. The van der Waals surface area contributed by atoms with Gasteiger partial charge in [-0.3, -0.25) is 9.48 Å². The van der Waals surface area contributed by atoms with Gasteiger partial charge in [0.1, 0.15) is 4.83 Å². The Morgan fingerprint density at radius 3 is 2.64 bits per heavy atom. The molecule has 0 saturated carbocycles. The number of carbonyl (C=O) groups excluding carboxylic acids is 1. The number of thiophene rings is 1. The van der Waals surface area contributed by atoms with Crippen molar-refractivity contribution in [3.05, 3.63) is 52.5 Å². The van der Waals surface area contributed by atoms with Crippen molar-refractivity contribution in [3.63, 3.8) is 0 Å². The lowest BCUT2D eigenvalue weighted by Crippen LogP contribution is -2.29. The number of aromatic nitrogens is 2. The lowest BCUT2D eigenvalue weighted by atomic mass is 10.1. The van der Waals surface area contributed by atoms with E-state index in [1.165, 1.54) is 11.3 Å². The van der Waals surface area contributed by atoms with Gasteiger partial charge in [0.05, 0.1) is 16.6 Å². The average molecular weight is 313 g/mol. The molecule has 1 aromatic carbocycles. The fourth-order valence-electron chi connectivity index (χ4n) is 2.62. The second-order valence-corrected chi connectivity index (χ2v) is 6.57.